The number of nitrogens with zero attached hydrogens (tertiary/aromatic N) is 4. The average molecular weight is 418 g/mol. The molecular formula is C20H26N4O6. The predicted molar refractivity (Wildman–Crippen MR) is 107 cm³/mol. The standard InChI is InChI=1S/C20H26N4O6/c1-19(2,3)30-18(27)20(4,28)16-17(26)23(10-11-29-16)14-8-9-24(21-14)13-6-7-15(25)22(5)12-13/h6-9,12,16,28H,10-11H2,1-5H3. The Morgan fingerprint density at radius 1 is 1.23 bits per heavy atom. The Morgan fingerprint density at radius 2 is 1.93 bits per heavy atom. The molecule has 2 aromatic heterocycles. The second kappa shape index (κ2) is 7.69. The van der Waals surface area contributed by atoms with Gasteiger partial charge in [-0.05, 0) is 33.8 Å². The number of carbonyl (C=O) groups excluding carboxylic acids is 2. The molecule has 30 heavy (non-hydrogen) atoms. The van der Waals surface area contributed by atoms with Gasteiger partial charge in [-0.15, -0.1) is 5.10 Å². The van der Waals surface area contributed by atoms with Gasteiger partial charge in [-0.1, -0.05) is 0 Å². The summed E-state index contributed by atoms with van der Waals surface area (Å²) in [5.41, 5.74) is -2.50. The Balaban J connectivity index is 1.83. The molecular weight excluding hydrogens is 392 g/mol. The summed E-state index contributed by atoms with van der Waals surface area (Å²) in [6.45, 7) is 6.54. The topological polar surface area (TPSA) is 116 Å². The molecule has 3 rings (SSSR count). The lowest BCUT2D eigenvalue weighted by Gasteiger charge is -2.38. The highest BCUT2D eigenvalue weighted by Crippen LogP contribution is 2.26. The number of carbonyl (C=O) groups is 2. The summed E-state index contributed by atoms with van der Waals surface area (Å²) in [7, 11) is 1.63. The van der Waals surface area contributed by atoms with Crippen molar-refractivity contribution in [3.8, 4) is 5.69 Å². The summed E-state index contributed by atoms with van der Waals surface area (Å²) in [6.07, 6.45) is 1.85. The molecule has 1 N–H and O–H groups in total. The van der Waals surface area contributed by atoms with Gasteiger partial charge in [0.25, 0.3) is 5.91 Å². The fourth-order valence-electron chi connectivity index (χ4n) is 3.02. The fraction of sp³-hybridized carbons (Fsp3) is 0.500. The normalized spacial score (nSPS) is 19.5. The molecule has 1 amide bonds. The zero-order chi connectivity index (χ0) is 22.3. The van der Waals surface area contributed by atoms with Crippen molar-refractivity contribution >= 4 is 17.7 Å². The van der Waals surface area contributed by atoms with Crippen molar-refractivity contribution in [2.75, 3.05) is 18.1 Å². The van der Waals surface area contributed by atoms with Crippen molar-refractivity contribution in [1.29, 1.82) is 0 Å². The van der Waals surface area contributed by atoms with E-state index in [1.54, 1.807) is 52.3 Å². The van der Waals surface area contributed by atoms with Gasteiger partial charge in [0, 0.05) is 31.6 Å². The largest absolute Gasteiger partial charge is 0.458 e. The Labute approximate surface area is 173 Å². The lowest BCUT2D eigenvalue weighted by molar-refractivity contribution is -0.194. The number of pyridine rings is 1. The molecule has 0 spiro atoms. The number of esters is 1. The van der Waals surface area contributed by atoms with E-state index in [1.807, 2.05) is 0 Å². The van der Waals surface area contributed by atoms with Crippen LogP contribution in [0.4, 0.5) is 5.82 Å². The number of anilines is 1. The average Bonchev–Trinajstić information content (AvgIpc) is 3.12. The maximum Gasteiger partial charge on any atom is 0.341 e. The molecule has 2 atom stereocenters. The molecule has 2 aromatic rings. The van der Waals surface area contributed by atoms with Crippen LogP contribution in [0.15, 0.2) is 35.4 Å². The van der Waals surface area contributed by atoms with Crippen molar-refractivity contribution in [2.45, 2.75) is 45.0 Å². The molecule has 2 unspecified atom stereocenters. The van der Waals surface area contributed by atoms with E-state index < -0.39 is 29.2 Å². The Morgan fingerprint density at radius 3 is 2.57 bits per heavy atom. The second-order valence-electron chi connectivity index (χ2n) is 8.35. The summed E-state index contributed by atoms with van der Waals surface area (Å²) < 4.78 is 13.6. The summed E-state index contributed by atoms with van der Waals surface area (Å²) in [5, 5.41) is 15.1. The van der Waals surface area contributed by atoms with E-state index in [0.717, 1.165) is 0 Å². The molecule has 0 saturated carbocycles. The van der Waals surface area contributed by atoms with E-state index in [-0.39, 0.29) is 18.7 Å². The van der Waals surface area contributed by atoms with Crippen LogP contribution in [-0.2, 0) is 26.1 Å². The van der Waals surface area contributed by atoms with Crippen LogP contribution in [0.5, 0.6) is 0 Å². The zero-order valence-electron chi connectivity index (χ0n) is 17.7. The highest BCUT2D eigenvalue weighted by molar-refractivity contribution is 6.01. The number of aromatic nitrogens is 3. The van der Waals surface area contributed by atoms with Crippen molar-refractivity contribution in [3.05, 3.63) is 40.9 Å². The molecule has 1 aliphatic rings. The van der Waals surface area contributed by atoms with Gasteiger partial charge in [-0.2, -0.15) is 0 Å². The summed E-state index contributed by atoms with van der Waals surface area (Å²) in [4.78, 5) is 38.4. The quantitative estimate of drug-likeness (QED) is 0.714. The number of rotatable bonds is 4. The van der Waals surface area contributed by atoms with Crippen LogP contribution < -0.4 is 10.5 Å². The van der Waals surface area contributed by atoms with Crippen LogP contribution in [-0.4, -0.2) is 61.8 Å². The fourth-order valence-corrected chi connectivity index (χ4v) is 3.02. The van der Waals surface area contributed by atoms with Crippen molar-refractivity contribution in [1.82, 2.24) is 14.3 Å². The van der Waals surface area contributed by atoms with Crippen LogP contribution in [0.1, 0.15) is 27.7 Å². The first-order valence-electron chi connectivity index (χ1n) is 9.52. The number of aliphatic hydroxyl groups is 1. The first-order valence-corrected chi connectivity index (χ1v) is 9.52. The van der Waals surface area contributed by atoms with Gasteiger partial charge in [-0.3, -0.25) is 14.5 Å². The summed E-state index contributed by atoms with van der Waals surface area (Å²) in [5.74, 6) is -1.20. The summed E-state index contributed by atoms with van der Waals surface area (Å²) in [6, 6.07) is 4.68. The molecule has 0 aliphatic carbocycles. The van der Waals surface area contributed by atoms with E-state index >= 15 is 0 Å². The van der Waals surface area contributed by atoms with Crippen LogP contribution in [0, 0.1) is 0 Å². The van der Waals surface area contributed by atoms with Crippen LogP contribution in [0.25, 0.3) is 5.69 Å². The lowest BCUT2D eigenvalue weighted by atomic mass is 9.96. The third-order valence-electron chi connectivity index (χ3n) is 4.60. The maximum atomic E-state index is 13.0. The third kappa shape index (κ3) is 4.29. The van der Waals surface area contributed by atoms with Crippen LogP contribution >= 0.6 is 0 Å². The number of ether oxygens (including phenoxy) is 2. The second-order valence-corrected chi connectivity index (χ2v) is 8.35. The maximum absolute atomic E-state index is 13.0. The van der Waals surface area contributed by atoms with Gasteiger partial charge in [0.2, 0.25) is 5.56 Å². The molecule has 1 aliphatic heterocycles. The minimum absolute atomic E-state index is 0.113. The van der Waals surface area contributed by atoms with E-state index in [0.29, 0.717) is 11.5 Å². The summed E-state index contributed by atoms with van der Waals surface area (Å²) >= 11 is 0. The van der Waals surface area contributed by atoms with E-state index in [4.69, 9.17) is 9.47 Å². The minimum atomic E-state index is -2.16. The molecule has 10 nitrogen and oxygen atoms in total. The van der Waals surface area contributed by atoms with E-state index in [1.165, 1.54) is 27.1 Å². The van der Waals surface area contributed by atoms with Crippen molar-refractivity contribution in [2.24, 2.45) is 7.05 Å². The molecule has 0 radical (unpaired) electrons. The Kier molecular flexibility index (Phi) is 5.57. The monoisotopic (exact) mass is 418 g/mol. The smallest absolute Gasteiger partial charge is 0.341 e. The first-order chi connectivity index (χ1) is 13.9. The van der Waals surface area contributed by atoms with Gasteiger partial charge >= 0.3 is 5.97 Å². The zero-order valence-corrected chi connectivity index (χ0v) is 17.7. The number of morpholine rings is 1. The molecule has 1 saturated heterocycles. The number of aryl methyl sites for hydroxylation is 1. The number of amides is 1. The Hall–Kier alpha value is -2.98. The third-order valence-corrected chi connectivity index (χ3v) is 4.60. The molecule has 10 heteroatoms. The van der Waals surface area contributed by atoms with Crippen LogP contribution in [0.2, 0.25) is 0 Å². The molecule has 162 valence electrons. The van der Waals surface area contributed by atoms with E-state index in [2.05, 4.69) is 5.10 Å². The van der Waals surface area contributed by atoms with Crippen molar-refractivity contribution in [3.63, 3.8) is 0 Å². The van der Waals surface area contributed by atoms with Gasteiger partial charge in [0.1, 0.15) is 5.60 Å². The molecule has 1 fully saturated rings. The van der Waals surface area contributed by atoms with E-state index in [9.17, 15) is 19.5 Å². The molecule has 3 heterocycles. The SMILES string of the molecule is Cn1cc(-n2ccc(N3CCOC(C(C)(O)C(=O)OC(C)(C)C)C3=O)n2)ccc1=O. The predicted octanol–water partition coefficient (Wildman–Crippen LogP) is 0.395. The Bertz CT molecular complexity index is 1020. The highest BCUT2D eigenvalue weighted by Gasteiger charge is 2.50. The van der Waals surface area contributed by atoms with Crippen molar-refractivity contribution < 1.29 is 24.2 Å². The van der Waals surface area contributed by atoms with Gasteiger partial charge in [0.15, 0.2) is 17.5 Å². The molecule has 0 aromatic carbocycles. The minimum Gasteiger partial charge on any atom is -0.458 e. The highest BCUT2D eigenvalue weighted by atomic mass is 16.6. The van der Waals surface area contributed by atoms with Gasteiger partial charge in [0.05, 0.1) is 18.8 Å². The van der Waals surface area contributed by atoms with Gasteiger partial charge in [-0.25, -0.2) is 9.48 Å². The first kappa shape index (κ1) is 21.7. The number of hydrogen-bond donors (Lipinski definition) is 1. The lowest BCUT2D eigenvalue weighted by Crippen LogP contribution is -2.61. The number of hydrogen-bond acceptors (Lipinski definition) is 7. The molecule has 0 bridgehead atoms. The van der Waals surface area contributed by atoms with Gasteiger partial charge < -0.3 is 19.1 Å². The van der Waals surface area contributed by atoms with Crippen LogP contribution in [0.3, 0.4) is 0 Å².